The van der Waals surface area contributed by atoms with Gasteiger partial charge in [0.1, 0.15) is 16.9 Å². The first-order valence-electron chi connectivity index (χ1n) is 8.75. The fourth-order valence-corrected chi connectivity index (χ4v) is 4.73. The van der Waals surface area contributed by atoms with Gasteiger partial charge in [0.2, 0.25) is 0 Å². The summed E-state index contributed by atoms with van der Waals surface area (Å²) in [6, 6.07) is 7.63. The first-order valence-corrected chi connectivity index (χ1v) is 8.75. The van der Waals surface area contributed by atoms with Crippen molar-refractivity contribution < 1.29 is 14.3 Å². The highest BCUT2D eigenvalue weighted by Crippen LogP contribution is 2.57. The van der Waals surface area contributed by atoms with Crippen molar-refractivity contribution in [2.24, 2.45) is 11.3 Å². The predicted molar refractivity (Wildman–Crippen MR) is 86.3 cm³/mol. The van der Waals surface area contributed by atoms with Crippen molar-refractivity contribution in [3.05, 3.63) is 29.8 Å². The van der Waals surface area contributed by atoms with Crippen molar-refractivity contribution in [1.82, 2.24) is 5.32 Å². The number of fused-ring (bicyclic) bond motifs is 2. The van der Waals surface area contributed by atoms with Crippen LogP contribution in [-0.2, 0) is 9.59 Å². The molecule has 1 aromatic rings. The molecule has 0 radical (unpaired) electrons. The molecule has 2 fully saturated rings. The van der Waals surface area contributed by atoms with E-state index in [1.54, 1.807) is 0 Å². The summed E-state index contributed by atoms with van der Waals surface area (Å²) in [7, 11) is 0. The molecule has 1 saturated carbocycles. The zero-order valence-electron chi connectivity index (χ0n) is 13.5. The number of Topliss-reactive ketones (excluding diaryl/α,β-unsaturated/α-hetero) is 1. The molecule has 2 aliphatic heterocycles. The topological polar surface area (TPSA) is 55.4 Å². The van der Waals surface area contributed by atoms with Crippen molar-refractivity contribution in [3.63, 3.8) is 0 Å². The van der Waals surface area contributed by atoms with Gasteiger partial charge in [-0.2, -0.15) is 0 Å². The molecular weight excluding hydrogens is 290 g/mol. The Morgan fingerprint density at radius 1 is 1.26 bits per heavy atom. The summed E-state index contributed by atoms with van der Waals surface area (Å²) < 4.78 is 5.64. The molecule has 0 aromatic heterocycles. The number of rotatable bonds is 4. The summed E-state index contributed by atoms with van der Waals surface area (Å²) in [6.45, 7) is 2.80. The highest BCUT2D eigenvalue weighted by molar-refractivity contribution is 5.93. The van der Waals surface area contributed by atoms with Crippen molar-refractivity contribution in [2.75, 3.05) is 6.54 Å². The fourth-order valence-electron chi connectivity index (χ4n) is 4.73. The van der Waals surface area contributed by atoms with Gasteiger partial charge in [-0.1, -0.05) is 44.4 Å². The lowest BCUT2D eigenvalue weighted by Crippen LogP contribution is -2.75. The molecule has 1 aromatic carbocycles. The molecule has 0 bridgehead atoms. The van der Waals surface area contributed by atoms with E-state index in [1.807, 2.05) is 24.3 Å². The molecule has 122 valence electrons. The lowest BCUT2D eigenvalue weighted by atomic mass is 9.52. The molecule has 23 heavy (non-hydrogen) atoms. The van der Waals surface area contributed by atoms with Gasteiger partial charge in [0.15, 0.2) is 0 Å². The number of hydrogen-bond acceptors (Lipinski definition) is 4. The van der Waals surface area contributed by atoms with E-state index in [0.717, 1.165) is 31.2 Å². The molecule has 1 aliphatic carbocycles. The van der Waals surface area contributed by atoms with Crippen LogP contribution in [0, 0.1) is 11.3 Å². The average Bonchev–Trinajstić information content (AvgIpc) is 2.52. The Balaban J connectivity index is 1.68. The van der Waals surface area contributed by atoms with Crippen molar-refractivity contribution in [3.8, 4) is 5.75 Å². The SMILES string of the molecule is CCCCCC1C(=O)CC2c3ccccc3OC(=O)C23CNC13. The number of hydrogen-bond donors (Lipinski definition) is 1. The minimum Gasteiger partial charge on any atom is -0.426 e. The van der Waals surface area contributed by atoms with E-state index < -0.39 is 5.41 Å². The predicted octanol–water partition coefficient (Wildman–Crippen LogP) is 2.82. The summed E-state index contributed by atoms with van der Waals surface area (Å²) in [6.07, 6.45) is 4.69. The summed E-state index contributed by atoms with van der Waals surface area (Å²) in [5.74, 6) is 0.739. The van der Waals surface area contributed by atoms with Gasteiger partial charge in [-0.15, -0.1) is 0 Å². The number of carbonyl (C=O) groups excluding carboxylic acids is 2. The van der Waals surface area contributed by atoms with Gasteiger partial charge in [0, 0.05) is 30.8 Å². The second-order valence-corrected chi connectivity index (χ2v) is 7.15. The normalized spacial score (nSPS) is 34.7. The number of esters is 1. The van der Waals surface area contributed by atoms with Gasteiger partial charge in [-0.25, -0.2) is 0 Å². The maximum absolute atomic E-state index is 12.8. The van der Waals surface area contributed by atoms with Crippen LogP contribution in [0.25, 0.3) is 0 Å². The Morgan fingerprint density at radius 2 is 2.09 bits per heavy atom. The average molecular weight is 313 g/mol. The molecular formula is C19H23NO3. The minimum absolute atomic E-state index is 0.0267. The van der Waals surface area contributed by atoms with Gasteiger partial charge in [-0.05, 0) is 18.1 Å². The quantitative estimate of drug-likeness (QED) is 0.527. The van der Waals surface area contributed by atoms with E-state index in [0.29, 0.717) is 24.5 Å². The van der Waals surface area contributed by atoms with Crippen LogP contribution in [0.1, 0.15) is 50.5 Å². The van der Waals surface area contributed by atoms with Crippen molar-refractivity contribution >= 4 is 11.8 Å². The smallest absolute Gasteiger partial charge is 0.321 e. The zero-order valence-corrected chi connectivity index (χ0v) is 13.5. The van der Waals surface area contributed by atoms with Crippen LogP contribution < -0.4 is 10.1 Å². The molecule has 4 rings (SSSR count). The largest absolute Gasteiger partial charge is 0.426 e. The third kappa shape index (κ3) is 2.01. The van der Waals surface area contributed by atoms with Crippen LogP contribution in [0.2, 0.25) is 0 Å². The van der Waals surface area contributed by atoms with Gasteiger partial charge in [0.05, 0.1) is 0 Å². The van der Waals surface area contributed by atoms with E-state index in [-0.39, 0.29) is 23.8 Å². The number of carbonyl (C=O) groups is 2. The van der Waals surface area contributed by atoms with Gasteiger partial charge < -0.3 is 10.1 Å². The number of nitrogens with one attached hydrogen (secondary N) is 1. The number of ketones is 1. The second kappa shape index (κ2) is 5.45. The number of unbranched alkanes of at least 4 members (excludes halogenated alkanes) is 2. The van der Waals surface area contributed by atoms with Gasteiger partial charge in [0.25, 0.3) is 0 Å². The highest BCUT2D eigenvalue weighted by atomic mass is 16.5. The number of ether oxygens (including phenoxy) is 1. The Kier molecular flexibility index (Phi) is 3.52. The summed E-state index contributed by atoms with van der Waals surface area (Å²) in [4.78, 5) is 25.5. The molecule has 2 heterocycles. The molecule has 4 unspecified atom stereocenters. The Labute approximate surface area is 136 Å². The van der Waals surface area contributed by atoms with Crippen LogP contribution in [0.15, 0.2) is 24.3 Å². The fraction of sp³-hybridized carbons (Fsp3) is 0.579. The van der Waals surface area contributed by atoms with Crippen LogP contribution in [0.3, 0.4) is 0 Å². The summed E-state index contributed by atoms with van der Waals surface area (Å²) >= 11 is 0. The molecule has 1 spiro atoms. The third-order valence-electron chi connectivity index (χ3n) is 6.01. The monoisotopic (exact) mass is 313 g/mol. The van der Waals surface area contributed by atoms with Gasteiger partial charge in [-0.3, -0.25) is 9.59 Å². The van der Waals surface area contributed by atoms with E-state index >= 15 is 0 Å². The Morgan fingerprint density at radius 3 is 2.83 bits per heavy atom. The van der Waals surface area contributed by atoms with E-state index in [2.05, 4.69) is 12.2 Å². The molecule has 4 nitrogen and oxygen atoms in total. The van der Waals surface area contributed by atoms with E-state index in [4.69, 9.17) is 4.74 Å². The molecule has 1 saturated heterocycles. The Hall–Kier alpha value is -1.68. The second-order valence-electron chi connectivity index (χ2n) is 7.15. The van der Waals surface area contributed by atoms with E-state index in [9.17, 15) is 9.59 Å². The van der Waals surface area contributed by atoms with Crippen molar-refractivity contribution in [2.45, 2.75) is 51.0 Å². The molecule has 4 heteroatoms. The maximum Gasteiger partial charge on any atom is 0.321 e. The van der Waals surface area contributed by atoms with E-state index in [1.165, 1.54) is 0 Å². The number of para-hydroxylation sites is 1. The molecule has 4 atom stereocenters. The number of benzene rings is 1. The highest BCUT2D eigenvalue weighted by Gasteiger charge is 2.67. The lowest BCUT2D eigenvalue weighted by molar-refractivity contribution is -0.168. The van der Waals surface area contributed by atoms with Crippen molar-refractivity contribution in [1.29, 1.82) is 0 Å². The summed E-state index contributed by atoms with van der Waals surface area (Å²) in [5.41, 5.74) is 0.498. The first kappa shape index (κ1) is 14.9. The standard InChI is InChI=1S/C19H23NO3/c1-2-3-4-8-13-15(21)10-14-12-7-5-6-9-16(12)23-18(22)19(14)11-20-17(13)19/h5-7,9,13-14,17,20H,2-4,8,10-11H2,1H3. The van der Waals surface area contributed by atoms with Crippen LogP contribution >= 0.6 is 0 Å². The third-order valence-corrected chi connectivity index (χ3v) is 6.01. The maximum atomic E-state index is 12.8. The Bertz CT molecular complexity index is 656. The molecule has 1 N–H and O–H groups in total. The van der Waals surface area contributed by atoms with Crippen LogP contribution in [-0.4, -0.2) is 24.3 Å². The lowest BCUT2D eigenvalue weighted by Gasteiger charge is -2.59. The minimum atomic E-state index is -0.529. The molecule has 3 aliphatic rings. The zero-order chi connectivity index (χ0) is 16.0. The summed E-state index contributed by atoms with van der Waals surface area (Å²) in [5, 5.41) is 3.38. The van der Waals surface area contributed by atoms with Gasteiger partial charge >= 0.3 is 5.97 Å². The van der Waals surface area contributed by atoms with Crippen LogP contribution in [0.4, 0.5) is 0 Å². The first-order chi connectivity index (χ1) is 11.2. The van der Waals surface area contributed by atoms with Crippen LogP contribution in [0.5, 0.6) is 5.75 Å². The molecule has 0 amide bonds.